The molecule has 0 spiro atoms. The summed E-state index contributed by atoms with van der Waals surface area (Å²) in [6.07, 6.45) is 6.17. The Morgan fingerprint density at radius 3 is 2.71 bits per heavy atom. The van der Waals surface area contributed by atoms with Crippen LogP contribution in [0.15, 0.2) is 18.2 Å². The molecule has 0 bridgehead atoms. The molecule has 3 atom stereocenters. The van der Waals surface area contributed by atoms with Crippen molar-refractivity contribution in [3.05, 3.63) is 29.6 Å². The van der Waals surface area contributed by atoms with Crippen LogP contribution in [0.2, 0.25) is 0 Å². The first-order chi connectivity index (χ1) is 10.2. The summed E-state index contributed by atoms with van der Waals surface area (Å²) >= 11 is 0. The maximum Gasteiger partial charge on any atom is 0.131 e. The van der Waals surface area contributed by atoms with E-state index in [9.17, 15) is 4.39 Å². The van der Waals surface area contributed by atoms with Crippen molar-refractivity contribution in [3.8, 4) is 5.75 Å². The Bertz CT molecular complexity index is 449. The van der Waals surface area contributed by atoms with Crippen LogP contribution in [0.25, 0.3) is 0 Å². The van der Waals surface area contributed by atoms with E-state index < -0.39 is 0 Å². The van der Waals surface area contributed by atoms with Gasteiger partial charge in [0.15, 0.2) is 0 Å². The molecular weight excluding hydrogens is 265 g/mol. The number of halogens is 1. The zero-order valence-electron chi connectivity index (χ0n) is 13.5. The Balaban J connectivity index is 2.38. The first-order valence-electron chi connectivity index (χ1n) is 8.28. The molecule has 1 aliphatic carbocycles. The molecule has 1 aromatic carbocycles. The SMILES string of the molecule is CCNC(c1c(F)cccc1OC)C1CCCCC1CC. The number of hydrogen-bond acceptors (Lipinski definition) is 2. The molecule has 0 aromatic heterocycles. The van der Waals surface area contributed by atoms with Gasteiger partial charge < -0.3 is 10.1 Å². The third-order valence-electron chi connectivity index (χ3n) is 4.89. The third kappa shape index (κ3) is 3.57. The molecule has 1 saturated carbocycles. The lowest BCUT2D eigenvalue weighted by Gasteiger charge is -2.38. The van der Waals surface area contributed by atoms with E-state index in [1.165, 1.54) is 32.1 Å². The van der Waals surface area contributed by atoms with Crippen LogP contribution < -0.4 is 10.1 Å². The van der Waals surface area contributed by atoms with Gasteiger partial charge in [0.25, 0.3) is 0 Å². The summed E-state index contributed by atoms with van der Waals surface area (Å²) in [6.45, 7) is 5.18. The Hall–Kier alpha value is -1.09. The topological polar surface area (TPSA) is 21.3 Å². The van der Waals surface area contributed by atoms with Gasteiger partial charge in [0.1, 0.15) is 11.6 Å². The summed E-state index contributed by atoms with van der Waals surface area (Å²) in [5, 5.41) is 3.53. The average Bonchev–Trinajstić information content (AvgIpc) is 2.53. The molecule has 21 heavy (non-hydrogen) atoms. The van der Waals surface area contributed by atoms with Crippen molar-refractivity contribution in [2.24, 2.45) is 11.8 Å². The predicted molar refractivity (Wildman–Crippen MR) is 85.1 cm³/mol. The Labute approximate surface area is 128 Å². The highest BCUT2D eigenvalue weighted by atomic mass is 19.1. The van der Waals surface area contributed by atoms with E-state index in [1.54, 1.807) is 19.2 Å². The van der Waals surface area contributed by atoms with Crippen LogP contribution in [0.5, 0.6) is 5.75 Å². The number of benzene rings is 1. The van der Waals surface area contributed by atoms with E-state index in [1.807, 2.05) is 6.07 Å². The summed E-state index contributed by atoms with van der Waals surface area (Å²) in [5.74, 6) is 1.68. The normalized spacial score (nSPS) is 23.8. The minimum Gasteiger partial charge on any atom is -0.496 e. The summed E-state index contributed by atoms with van der Waals surface area (Å²) in [5.41, 5.74) is 0.715. The van der Waals surface area contributed by atoms with Crippen molar-refractivity contribution >= 4 is 0 Å². The van der Waals surface area contributed by atoms with Crippen molar-refractivity contribution in [3.63, 3.8) is 0 Å². The molecule has 2 nitrogen and oxygen atoms in total. The zero-order chi connectivity index (χ0) is 15.2. The lowest BCUT2D eigenvalue weighted by atomic mass is 9.72. The molecule has 118 valence electrons. The van der Waals surface area contributed by atoms with Crippen LogP contribution in [0.3, 0.4) is 0 Å². The number of rotatable bonds is 6. The van der Waals surface area contributed by atoms with E-state index in [4.69, 9.17) is 4.74 Å². The fourth-order valence-electron chi connectivity index (χ4n) is 3.87. The van der Waals surface area contributed by atoms with Gasteiger partial charge >= 0.3 is 0 Å². The second kappa shape index (κ2) is 7.79. The van der Waals surface area contributed by atoms with E-state index in [-0.39, 0.29) is 11.9 Å². The molecule has 2 rings (SSSR count). The van der Waals surface area contributed by atoms with Crippen LogP contribution >= 0.6 is 0 Å². The summed E-state index contributed by atoms with van der Waals surface area (Å²) in [4.78, 5) is 0. The lowest BCUT2D eigenvalue weighted by molar-refractivity contribution is 0.172. The van der Waals surface area contributed by atoms with Crippen LogP contribution in [0.1, 0.15) is 57.6 Å². The molecule has 1 fully saturated rings. The summed E-state index contributed by atoms with van der Waals surface area (Å²) < 4.78 is 19.9. The van der Waals surface area contributed by atoms with Crippen molar-refractivity contribution in [2.75, 3.05) is 13.7 Å². The molecule has 3 unspecified atom stereocenters. The highest BCUT2D eigenvalue weighted by Gasteiger charge is 2.34. The van der Waals surface area contributed by atoms with Crippen molar-refractivity contribution in [1.29, 1.82) is 0 Å². The van der Waals surface area contributed by atoms with E-state index in [2.05, 4.69) is 19.2 Å². The second-order valence-electron chi connectivity index (χ2n) is 6.01. The molecule has 1 N–H and O–H groups in total. The molecule has 0 saturated heterocycles. The summed E-state index contributed by atoms with van der Waals surface area (Å²) in [6, 6.07) is 5.19. The van der Waals surface area contributed by atoms with Crippen LogP contribution in [0.4, 0.5) is 4.39 Å². The molecular formula is C18H28FNO. The lowest BCUT2D eigenvalue weighted by Crippen LogP contribution is -2.35. The second-order valence-corrected chi connectivity index (χ2v) is 6.01. The van der Waals surface area contributed by atoms with Crippen LogP contribution in [0, 0.1) is 17.7 Å². The van der Waals surface area contributed by atoms with Crippen LogP contribution in [-0.4, -0.2) is 13.7 Å². The molecule has 1 aromatic rings. The highest BCUT2D eigenvalue weighted by Crippen LogP contribution is 2.43. The van der Waals surface area contributed by atoms with E-state index in [0.717, 1.165) is 6.54 Å². The minimum absolute atomic E-state index is 0.0522. The number of methoxy groups -OCH3 is 1. The maximum absolute atomic E-state index is 14.5. The van der Waals surface area contributed by atoms with E-state index >= 15 is 0 Å². The molecule has 3 heteroatoms. The third-order valence-corrected chi connectivity index (χ3v) is 4.89. The van der Waals surface area contributed by atoms with Gasteiger partial charge in [-0.15, -0.1) is 0 Å². The first kappa shape index (κ1) is 16.3. The van der Waals surface area contributed by atoms with Gasteiger partial charge in [-0.3, -0.25) is 0 Å². The van der Waals surface area contributed by atoms with Gasteiger partial charge in [-0.05, 0) is 36.9 Å². The average molecular weight is 293 g/mol. The highest BCUT2D eigenvalue weighted by molar-refractivity contribution is 5.37. The van der Waals surface area contributed by atoms with Gasteiger partial charge in [-0.25, -0.2) is 4.39 Å². The minimum atomic E-state index is -0.152. The standard InChI is InChI=1S/C18H28FNO/c1-4-13-9-6-7-10-14(13)18(20-5-2)17-15(19)11-8-12-16(17)21-3/h8,11-14,18,20H,4-7,9-10H2,1-3H3. The fraction of sp³-hybridized carbons (Fsp3) is 0.667. The van der Waals surface area contributed by atoms with Gasteiger partial charge in [-0.2, -0.15) is 0 Å². The smallest absolute Gasteiger partial charge is 0.131 e. The van der Waals surface area contributed by atoms with Crippen molar-refractivity contribution < 1.29 is 9.13 Å². The maximum atomic E-state index is 14.5. The van der Waals surface area contributed by atoms with E-state index in [0.29, 0.717) is 23.1 Å². The molecule has 0 radical (unpaired) electrons. The van der Waals surface area contributed by atoms with Crippen molar-refractivity contribution in [2.45, 2.75) is 52.0 Å². The Morgan fingerprint density at radius 1 is 1.29 bits per heavy atom. The van der Waals surface area contributed by atoms with Gasteiger partial charge in [-0.1, -0.05) is 45.6 Å². The Kier molecular flexibility index (Phi) is 6.04. The number of hydrogen-bond donors (Lipinski definition) is 1. The largest absolute Gasteiger partial charge is 0.496 e. The van der Waals surface area contributed by atoms with Gasteiger partial charge in [0, 0.05) is 11.6 Å². The van der Waals surface area contributed by atoms with Gasteiger partial charge in [0.05, 0.1) is 7.11 Å². The van der Waals surface area contributed by atoms with Gasteiger partial charge in [0.2, 0.25) is 0 Å². The molecule has 1 aliphatic rings. The molecule has 0 aliphatic heterocycles. The predicted octanol–water partition coefficient (Wildman–Crippen LogP) is 4.70. The quantitative estimate of drug-likeness (QED) is 0.820. The van der Waals surface area contributed by atoms with Crippen molar-refractivity contribution in [1.82, 2.24) is 5.32 Å². The zero-order valence-corrected chi connectivity index (χ0v) is 13.5. The summed E-state index contributed by atoms with van der Waals surface area (Å²) in [7, 11) is 1.62. The molecule has 0 heterocycles. The fourth-order valence-corrected chi connectivity index (χ4v) is 3.87. The monoisotopic (exact) mass is 293 g/mol. The van der Waals surface area contributed by atoms with Crippen LogP contribution in [-0.2, 0) is 0 Å². The number of ether oxygens (including phenoxy) is 1. The Morgan fingerprint density at radius 2 is 2.05 bits per heavy atom. The first-order valence-corrected chi connectivity index (χ1v) is 8.28. The molecule has 0 amide bonds. The number of nitrogens with one attached hydrogen (secondary N) is 1.